The molecule has 0 aliphatic heterocycles. The van der Waals surface area contributed by atoms with E-state index < -0.39 is 0 Å². The monoisotopic (exact) mass is 435 g/mol. The van der Waals surface area contributed by atoms with E-state index in [9.17, 15) is 0 Å². The highest BCUT2D eigenvalue weighted by molar-refractivity contribution is 6.32. The third-order valence-corrected chi connectivity index (χ3v) is 5.21. The molecule has 0 radical (unpaired) electrons. The summed E-state index contributed by atoms with van der Waals surface area (Å²) in [5, 5.41) is 4.12. The van der Waals surface area contributed by atoms with Gasteiger partial charge in [0, 0.05) is 6.54 Å². The minimum Gasteiger partial charge on any atom is -0.490 e. The second-order valence-electron chi connectivity index (χ2n) is 7.15. The van der Waals surface area contributed by atoms with Crippen molar-refractivity contribution < 1.29 is 9.47 Å². The molecule has 3 nitrogen and oxygen atoms in total. The van der Waals surface area contributed by atoms with Gasteiger partial charge in [-0.05, 0) is 68.8 Å². The van der Waals surface area contributed by atoms with E-state index >= 15 is 0 Å². The molecular formula is C24H31Cl2NO2. The van der Waals surface area contributed by atoms with Crippen LogP contribution in [0.4, 0.5) is 0 Å². The number of nitrogens with one attached hydrogen (secondary N) is 1. The molecule has 1 aliphatic carbocycles. The first-order valence-electron chi connectivity index (χ1n) is 10.3. The quantitative estimate of drug-likeness (QED) is 0.331. The molecule has 0 unspecified atom stereocenters. The van der Waals surface area contributed by atoms with Gasteiger partial charge in [-0.1, -0.05) is 53.6 Å². The lowest BCUT2D eigenvalue weighted by Crippen LogP contribution is -2.16. The van der Waals surface area contributed by atoms with Crippen molar-refractivity contribution in [2.75, 3.05) is 13.2 Å². The Morgan fingerprint density at radius 3 is 2.59 bits per heavy atom. The number of benzene rings is 2. The highest BCUT2D eigenvalue weighted by Crippen LogP contribution is 2.37. The minimum atomic E-state index is 0. The molecular weight excluding hydrogens is 405 g/mol. The molecule has 0 heterocycles. The molecule has 2 aromatic rings. The normalized spacial score (nSPS) is 13.4. The Morgan fingerprint density at radius 1 is 1.03 bits per heavy atom. The molecule has 158 valence electrons. The van der Waals surface area contributed by atoms with Crippen LogP contribution in [0.3, 0.4) is 0 Å². The van der Waals surface area contributed by atoms with Gasteiger partial charge in [-0.15, -0.1) is 12.4 Å². The maximum atomic E-state index is 6.53. The third-order valence-electron chi connectivity index (χ3n) is 4.93. The van der Waals surface area contributed by atoms with Crippen molar-refractivity contribution in [3.8, 4) is 11.5 Å². The van der Waals surface area contributed by atoms with E-state index in [0.717, 1.165) is 30.6 Å². The van der Waals surface area contributed by atoms with E-state index in [0.29, 0.717) is 29.7 Å². The van der Waals surface area contributed by atoms with Crippen molar-refractivity contribution in [3.63, 3.8) is 0 Å². The second-order valence-corrected chi connectivity index (χ2v) is 7.55. The van der Waals surface area contributed by atoms with Gasteiger partial charge in [0.1, 0.15) is 6.61 Å². The fraction of sp³-hybridized carbons (Fsp3) is 0.417. The van der Waals surface area contributed by atoms with Crippen LogP contribution in [0.25, 0.3) is 0 Å². The summed E-state index contributed by atoms with van der Waals surface area (Å²) in [5.41, 5.74) is 3.80. The molecule has 1 aliphatic rings. The predicted molar refractivity (Wildman–Crippen MR) is 124 cm³/mol. The summed E-state index contributed by atoms with van der Waals surface area (Å²) in [6, 6.07) is 14.1. The lowest BCUT2D eigenvalue weighted by Gasteiger charge is -2.16. The SMILES string of the molecule is CCOc1cc(CNCCC2=CCCCC2)cc(Cl)c1OCc1ccccc1.Cl. The van der Waals surface area contributed by atoms with Gasteiger partial charge in [-0.3, -0.25) is 0 Å². The van der Waals surface area contributed by atoms with Gasteiger partial charge in [-0.2, -0.15) is 0 Å². The summed E-state index contributed by atoms with van der Waals surface area (Å²) in [4.78, 5) is 0. The molecule has 0 saturated heterocycles. The van der Waals surface area contributed by atoms with E-state index in [4.69, 9.17) is 21.1 Å². The highest BCUT2D eigenvalue weighted by atomic mass is 35.5. The van der Waals surface area contributed by atoms with Crippen LogP contribution in [0.5, 0.6) is 11.5 Å². The van der Waals surface area contributed by atoms with Gasteiger partial charge in [0.15, 0.2) is 11.5 Å². The van der Waals surface area contributed by atoms with Crippen LogP contribution in [-0.4, -0.2) is 13.2 Å². The summed E-state index contributed by atoms with van der Waals surface area (Å²) in [5.74, 6) is 1.32. The summed E-state index contributed by atoms with van der Waals surface area (Å²) < 4.78 is 11.8. The predicted octanol–water partition coefficient (Wildman–Crippen LogP) is 6.72. The average Bonchev–Trinajstić information content (AvgIpc) is 2.72. The molecule has 0 fully saturated rings. The number of hydrogen-bond acceptors (Lipinski definition) is 3. The van der Waals surface area contributed by atoms with Crippen LogP contribution in [0, 0.1) is 0 Å². The lowest BCUT2D eigenvalue weighted by atomic mass is 9.97. The Kier molecular flexibility index (Phi) is 10.4. The van der Waals surface area contributed by atoms with Crippen LogP contribution in [0.2, 0.25) is 5.02 Å². The van der Waals surface area contributed by atoms with E-state index in [1.54, 1.807) is 5.57 Å². The van der Waals surface area contributed by atoms with Gasteiger partial charge < -0.3 is 14.8 Å². The molecule has 3 rings (SSSR count). The summed E-state index contributed by atoms with van der Waals surface area (Å²) in [6.07, 6.45) is 8.72. The summed E-state index contributed by atoms with van der Waals surface area (Å²) in [6.45, 7) is 4.76. The highest BCUT2D eigenvalue weighted by Gasteiger charge is 2.13. The van der Waals surface area contributed by atoms with Crippen LogP contribution >= 0.6 is 24.0 Å². The van der Waals surface area contributed by atoms with Gasteiger partial charge in [0.2, 0.25) is 0 Å². The number of hydrogen-bond donors (Lipinski definition) is 1. The standard InChI is InChI=1S/C24H30ClNO2.ClH/c1-2-27-23-16-21(17-26-14-13-19-9-5-3-6-10-19)15-22(25)24(23)28-18-20-11-7-4-8-12-20;/h4,7-9,11-12,15-16,26H,2-3,5-6,10,13-14,17-18H2,1H3;1H. The van der Waals surface area contributed by atoms with Crippen molar-refractivity contribution in [2.45, 2.75) is 52.2 Å². The first kappa shape index (κ1) is 23.6. The van der Waals surface area contributed by atoms with E-state index in [-0.39, 0.29) is 12.4 Å². The molecule has 0 aromatic heterocycles. The Hall–Kier alpha value is -1.68. The van der Waals surface area contributed by atoms with Crippen molar-refractivity contribution in [2.24, 2.45) is 0 Å². The summed E-state index contributed by atoms with van der Waals surface area (Å²) in [7, 11) is 0. The molecule has 0 bridgehead atoms. The Bertz CT molecular complexity index is 778. The van der Waals surface area contributed by atoms with Crippen LogP contribution < -0.4 is 14.8 Å². The first-order valence-corrected chi connectivity index (χ1v) is 10.6. The molecule has 2 aromatic carbocycles. The molecule has 29 heavy (non-hydrogen) atoms. The van der Waals surface area contributed by atoms with E-state index in [1.807, 2.05) is 49.4 Å². The van der Waals surface area contributed by atoms with Crippen molar-refractivity contribution in [1.29, 1.82) is 0 Å². The number of halogens is 2. The topological polar surface area (TPSA) is 30.5 Å². The third kappa shape index (κ3) is 7.58. The molecule has 0 atom stereocenters. The van der Waals surface area contributed by atoms with Crippen molar-refractivity contribution in [3.05, 3.63) is 70.3 Å². The fourth-order valence-corrected chi connectivity index (χ4v) is 3.76. The zero-order chi connectivity index (χ0) is 19.6. The molecule has 0 amide bonds. The molecule has 1 N–H and O–H groups in total. The average molecular weight is 436 g/mol. The largest absolute Gasteiger partial charge is 0.490 e. The Morgan fingerprint density at radius 2 is 1.86 bits per heavy atom. The van der Waals surface area contributed by atoms with Crippen LogP contribution in [-0.2, 0) is 13.2 Å². The maximum Gasteiger partial charge on any atom is 0.180 e. The lowest BCUT2D eigenvalue weighted by molar-refractivity contribution is 0.269. The fourth-order valence-electron chi connectivity index (χ4n) is 3.47. The molecule has 5 heteroatoms. The van der Waals surface area contributed by atoms with Crippen molar-refractivity contribution in [1.82, 2.24) is 5.32 Å². The van der Waals surface area contributed by atoms with Crippen LogP contribution in [0.1, 0.15) is 50.2 Å². The smallest absolute Gasteiger partial charge is 0.180 e. The van der Waals surface area contributed by atoms with E-state index in [1.165, 1.54) is 25.7 Å². The minimum absolute atomic E-state index is 0. The zero-order valence-electron chi connectivity index (χ0n) is 17.1. The zero-order valence-corrected chi connectivity index (χ0v) is 18.7. The first-order chi connectivity index (χ1) is 13.8. The Labute approximate surface area is 185 Å². The number of allylic oxidation sites excluding steroid dienone is 1. The van der Waals surface area contributed by atoms with Gasteiger partial charge in [0.05, 0.1) is 11.6 Å². The van der Waals surface area contributed by atoms with Gasteiger partial charge in [0.25, 0.3) is 0 Å². The second kappa shape index (κ2) is 12.8. The molecule has 0 spiro atoms. The van der Waals surface area contributed by atoms with Gasteiger partial charge in [-0.25, -0.2) is 0 Å². The van der Waals surface area contributed by atoms with Crippen molar-refractivity contribution >= 4 is 24.0 Å². The number of rotatable bonds is 10. The maximum absolute atomic E-state index is 6.53. The van der Waals surface area contributed by atoms with Gasteiger partial charge >= 0.3 is 0 Å². The van der Waals surface area contributed by atoms with E-state index in [2.05, 4.69) is 11.4 Å². The van der Waals surface area contributed by atoms with Crippen LogP contribution in [0.15, 0.2) is 54.1 Å². The molecule has 0 saturated carbocycles. The Balaban J connectivity index is 0.00000300. The summed E-state index contributed by atoms with van der Waals surface area (Å²) >= 11 is 6.53. The number of ether oxygens (including phenoxy) is 2.